The van der Waals surface area contributed by atoms with Crippen molar-refractivity contribution in [2.24, 2.45) is 0 Å². The van der Waals surface area contributed by atoms with E-state index in [-0.39, 0.29) is 16.5 Å². The van der Waals surface area contributed by atoms with Crippen LogP contribution >= 0.6 is 15.9 Å². The average molecular weight is 286 g/mol. The molecule has 0 radical (unpaired) electrons. The molecule has 82 valence electrons. The number of rotatable bonds is 1. The SMILES string of the molecule is O=C(O)c1cc2c(F)cc(Br)cc2c(=O)[nH]1. The van der Waals surface area contributed by atoms with Crippen LogP contribution in [0.25, 0.3) is 10.8 Å². The fourth-order valence-corrected chi connectivity index (χ4v) is 1.83. The minimum atomic E-state index is -1.30. The molecule has 4 nitrogen and oxygen atoms in total. The molecule has 0 bridgehead atoms. The Balaban J connectivity index is 2.93. The zero-order chi connectivity index (χ0) is 11.9. The lowest BCUT2D eigenvalue weighted by Crippen LogP contribution is -2.13. The summed E-state index contributed by atoms with van der Waals surface area (Å²) in [7, 11) is 0. The molecule has 2 rings (SSSR count). The molecular weight excluding hydrogens is 281 g/mol. The number of benzene rings is 1. The molecular formula is C10H5BrFNO3. The maximum atomic E-state index is 13.5. The minimum absolute atomic E-state index is 0.00986. The highest BCUT2D eigenvalue weighted by Gasteiger charge is 2.11. The van der Waals surface area contributed by atoms with Gasteiger partial charge in [-0.15, -0.1) is 0 Å². The molecule has 0 spiro atoms. The fraction of sp³-hybridized carbons (Fsp3) is 0. The maximum Gasteiger partial charge on any atom is 0.352 e. The molecule has 0 atom stereocenters. The Morgan fingerprint density at radius 1 is 1.31 bits per heavy atom. The molecule has 0 aliphatic heterocycles. The van der Waals surface area contributed by atoms with Crippen molar-refractivity contribution < 1.29 is 14.3 Å². The predicted molar refractivity (Wildman–Crippen MR) is 59.2 cm³/mol. The van der Waals surface area contributed by atoms with Gasteiger partial charge < -0.3 is 10.1 Å². The molecule has 0 saturated heterocycles. The second kappa shape index (κ2) is 3.71. The zero-order valence-electron chi connectivity index (χ0n) is 7.75. The summed E-state index contributed by atoms with van der Waals surface area (Å²) in [4.78, 5) is 24.3. The number of fused-ring (bicyclic) bond motifs is 1. The molecule has 0 aliphatic rings. The van der Waals surface area contributed by atoms with E-state index in [1.807, 2.05) is 0 Å². The molecule has 0 unspecified atom stereocenters. The monoisotopic (exact) mass is 285 g/mol. The van der Waals surface area contributed by atoms with Crippen LogP contribution in [0.3, 0.4) is 0 Å². The number of H-pyrrole nitrogens is 1. The first-order valence-corrected chi connectivity index (χ1v) is 5.03. The second-order valence-electron chi connectivity index (χ2n) is 3.17. The van der Waals surface area contributed by atoms with Gasteiger partial charge in [-0.25, -0.2) is 9.18 Å². The van der Waals surface area contributed by atoms with Crippen molar-refractivity contribution in [1.29, 1.82) is 0 Å². The highest BCUT2D eigenvalue weighted by atomic mass is 79.9. The van der Waals surface area contributed by atoms with Gasteiger partial charge in [0.15, 0.2) is 0 Å². The highest BCUT2D eigenvalue weighted by Crippen LogP contribution is 2.21. The van der Waals surface area contributed by atoms with E-state index in [1.165, 1.54) is 12.1 Å². The molecule has 2 N–H and O–H groups in total. The maximum absolute atomic E-state index is 13.5. The van der Waals surface area contributed by atoms with E-state index >= 15 is 0 Å². The second-order valence-corrected chi connectivity index (χ2v) is 4.08. The van der Waals surface area contributed by atoms with Crippen LogP contribution in [-0.2, 0) is 0 Å². The summed E-state index contributed by atoms with van der Waals surface area (Å²) in [5.41, 5.74) is -0.964. The van der Waals surface area contributed by atoms with Crippen LogP contribution in [0.4, 0.5) is 4.39 Å². The van der Waals surface area contributed by atoms with Crippen molar-refractivity contribution in [3.63, 3.8) is 0 Å². The first kappa shape index (κ1) is 10.8. The number of aromatic nitrogens is 1. The topological polar surface area (TPSA) is 70.2 Å². The molecule has 1 aromatic carbocycles. The van der Waals surface area contributed by atoms with Gasteiger partial charge in [0, 0.05) is 9.86 Å². The molecule has 0 fully saturated rings. The van der Waals surface area contributed by atoms with Crippen molar-refractivity contribution in [2.45, 2.75) is 0 Å². The van der Waals surface area contributed by atoms with Gasteiger partial charge in [0.1, 0.15) is 11.5 Å². The molecule has 1 heterocycles. The van der Waals surface area contributed by atoms with E-state index in [9.17, 15) is 14.0 Å². The number of carboxylic acids is 1. The first-order chi connectivity index (χ1) is 7.49. The Morgan fingerprint density at radius 3 is 2.62 bits per heavy atom. The number of hydrogen-bond donors (Lipinski definition) is 2. The number of aromatic carboxylic acids is 1. The summed E-state index contributed by atoms with van der Waals surface area (Å²) < 4.78 is 13.9. The lowest BCUT2D eigenvalue weighted by molar-refractivity contribution is 0.0690. The van der Waals surface area contributed by atoms with Crippen LogP contribution < -0.4 is 5.56 Å². The molecule has 16 heavy (non-hydrogen) atoms. The number of pyridine rings is 1. The van der Waals surface area contributed by atoms with E-state index in [0.717, 1.165) is 6.07 Å². The van der Waals surface area contributed by atoms with Gasteiger partial charge in [0.05, 0.1) is 5.39 Å². The van der Waals surface area contributed by atoms with Gasteiger partial charge in [0.2, 0.25) is 0 Å². The van der Waals surface area contributed by atoms with Gasteiger partial charge in [0.25, 0.3) is 5.56 Å². The summed E-state index contributed by atoms with van der Waals surface area (Å²) in [6, 6.07) is 3.71. The summed E-state index contributed by atoms with van der Waals surface area (Å²) in [6.07, 6.45) is 0. The Kier molecular flexibility index (Phi) is 2.51. The third-order valence-electron chi connectivity index (χ3n) is 2.11. The van der Waals surface area contributed by atoms with Gasteiger partial charge >= 0.3 is 5.97 Å². The number of hydrogen-bond acceptors (Lipinski definition) is 2. The summed E-state index contributed by atoms with van der Waals surface area (Å²) in [5, 5.41) is 8.81. The van der Waals surface area contributed by atoms with E-state index in [0.29, 0.717) is 4.47 Å². The van der Waals surface area contributed by atoms with E-state index < -0.39 is 17.3 Å². The smallest absolute Gasteiger partial charge is 0.352 e. The third-order valence-corrected chi connectivity index (χ3v) is 2.56. The quantitative estimate of drug-likeness (QED) is 0.843. The first-order valence-electron chi connectivity index (χ1n) is 4.24. The van der Waals surface area contributed by atoms with Gasteiger partial charge in [-0.05, 0) is 18.2 Å². The number of aromatic amines is 1. The molecule has 0 saturated carbocycles. The average Bonchev–Trinajstić information content (AvgIpc) is 2.19. The molecule has 6 heteroatoms. The van der Waals surface area contributed by atoms with Crippen LogP contribution in [0, 0.1) is 5.82 Å². The summed E-state index contributed by atoms with van der Waals surface area (Å²) in [5.74, 6) is -1.95. The summed E-state index contributed by atoms with van der Waals surface area (Å²) in [6.45, 7) is 0. The Bertz CT molecular complexity index is 650. The van der Waals surface area contributed by atoms with Crippen molar-refractivity contribution in [3.05, 3.63) is 44.5 Å². The van der Waals surface area contributed by atoms with Crippen molar-refractivity contribution >= 4 is 32.7 Å². The number of halogens is 2. The minimum Gasteiger partial charge on any atom is -0.477 e. The van der Waals surface area contributed by atoms with E-state index in [2.05, 4.69) is 20.9 Å². The molecule has 0 aliphatic carbocycles. The Labute approximate surface area is 96.8 Å². The molecule has 0 amide bonds. The van der Waals surface area contributed by atoms with E-state index in [4.69, 9.17) is 5.11 Å². The predicted octanol–water partition coefficient (Wildman–Crippen LogP) is 2.13. The standard InChI is InChI=1S/C10H5BrFNO3/c11-4-1-6-5(7(12)2-4)3-8(10(15)16)13-9(6)14/h1-3H,(H,13,14)(H,15,16). The van der Waals surface area contributed by atoms with Crippen molar-refractivity contribution in [3.8, 4) is 0 Å². The van der Waals surface area contributed by atoms with Gasteiger partial charge in [-0.1, -0.05) is 15.9 Å². The Hall–Kier alpha value is -1.69. The van der Waals surface area contributed by atoms with E-state index in [1.54, 1.807) is 0 Å². The largest absolute Gasteiger partial charge is 0.477 e. The van der Waals surface area contributed by atoms with Crippen LogP contribution in [0.2, 0.25) is 0 Å². The lowest BCUT2D eigenvalue weighted by atomic mass is 10.1. The highest BCUT2D eigenvalue weighted by molar-refractivity contribution is 9.10. The number of carbonyl (C=O) groups is 1. The molecule has 1 aromatic heterocycles. The van der Waals surface area contributed by atoms with Crippen LogP contribution in [0.5, 0.6) is 0 Å². The van der Waals surface area contributed by atoms with Crippen LogP contribution in [0.1, 0.15) is 10.5 Å². The normalized spacial score (nSPS) is 10.6. The van der Waals surface area contributed by atoms with Crippen molar-refractivity contribution in [2.75, 3.05) is 0 Å². The molecule has 2 aromatic rings. The number of nitrogens with one attached hydrogen (secondary N) is 1. The number of carboxylic acid groups (broad SMARTS) is 1. The Morgan fingerprint density at radius 2 is 2.00 bits per heavy atom. The zero-order valence-corrected chi connectivity index (χ0v) is 9.34. The van der Waals surface area contributed by atoms with Crippen molar-refractivity contribution in [1.82, 2.24) is 4.98 Å². The third kappa shape index (κ3) is 1.71. The van der Waals surface area contributed by atoms with Gasteiger partial charge in [-0.2, -0.15) is 0 Å². The van der Waals surface area contributed by atoms with Crippen LogP contribution in [0.15, 0.2) is 27.5 Å². The fourth-order valence-electron chi connectivity index (χ4n) is 1.40. The van der Waals surface area contributed by atoms with Crippen LogP contribution in [-0.4, -0.2) is 16.1 Å². The summed E-state index contributed by atoms with van der Waals surface area (Å²) >= 11 is 3.06. The van der Waals surface area contributed by atoms with Gasteiger partial charge in [-0.3, -0.25) is 4.79 Å². The lowest BCUT2D eigenvalue weighted by Gasteiger charge is -2.01.